The van der Waals surface area contributed by atoms with Gasteiger partial charge >= 0.3 is 47.8 Å². The summed E-state index contributed by atoms with van der Waals surface area (Å²) in [6.45, 7) is 11.7. The molecule has 0 aliphatic carbocycles. The smallest absolute Gasteiger partial charge is 0.306 e. The average Bonchev–Trinajstić information content (AvgIpc) is 3.38. The number of carbonyl (C=O) groups is 8. The molecule has 2 fully saturated rings. The van der Waals surface area contributed by atoms with Gasteiger partial charge in [-0.2, -0.15) is 0 Å². The lowest BCUT2D eigenvalue weighted by atomic mass is 9.96. The van der Waals surface area contributed by atoms with E-state index in [0.717, 1.165) is 70.6 Å². The Morgan fingerprint density at radius 3 is 1.25 bits per heavy atom. The van der Waals surface area contributed by atoms with Crippen LogP contribution in [0.4, 0.5) is 0 Å². The van der Waals surface area contributed by atoms with Gasteiger partial charge in [-0.3, -0.25) is 38.4 Å². The zero-order chi connectivity index (χ0) is 53.4. The molecule has 1 unspecified atom stereocenters. The fourth-order valence-corrected chi connectivity index (χ4v) is 7.70. The molecule has 2 saturated heterocycles. The van der Waals surface area contributed by atoms with Gasteiger partial charge in [-0.15, -0.1) is 0 Å². The molecular weight excluding hydrogens is 945 g/mol. The van der Waals surface area contributed by atoms with Gasteiger partial charge in [0.1, 0.15) is 25.4 Å². The molecule has 0 bridgehead atoms. The zero-order valence-electron chi connectivity index (χ0n) is 44.2. The van der Waals surface area contributed by atoms with Gasteiger partial charge in [0.05, 0.1) is 13.2 Å². The molecule has 412 valence electrons. The van der Waals surface area contributed by atoms with Crippen LogP contribution in [0.2, 0.25) is 0 Å². The van der Waals surface area contributed by atoms with E-state index in [9.17, 15) is 38.4 Å². The molecule has 0 aromatic carbocycles. The van der Waals surface area contributed by atoms with Crippen molar-refractivity contribution in [2.24, 2.45) is 0 Å². The summed E-state index contributed by atoms with van der Waals surface area (Å²) in [7, 11) is 1.41. The standard InChI is InChI=1S/C52H84O20/c1-10-37(53)62-32-35-46(68-40(56)13-4)48(70-42(58)15-6)50(51(65-35)64-34(8)30-28-26-24-22-20-18-17-19-21-23-25-27-29-31-44(60)61-9)72-52-49(71-43(59)16-7)47(69-41(57)14-5)45(67-39(55)12-3)36(66-52)33-63-38(54)11-2/h17-18,34-36,45-52H,10-16,19-33H2,1-9H3/b18-17-/t34?,35-,36-,45-,46-,47+,48+,49-,50-,51-,52+/m1/s1. The van der Waals surface area contributed by atoms with Crippen molar-refractivity contribution in [2.45, 2.75) is 251 Å². The van der Waals surface area contributed by atoms with Crippen LogP contribution in [0.3, 0.4) is 0 Å². The number of allylic oxidation sites excluding steroid dienone is 2. The molecule has 0 spiro atoms. The molecule has 20 heteroatoms. The number of hydrogen-bond donors (Lipinski definition) is 0. The third-order valence-electron chi connectivity index (χ3n) is 11.9. The lowest BCUT2D eigenvalue weighted by Gasteiger charge is -2.49. The SMILES string of the molecule is CCC(=O)OC[C@H]1O[C@@H](O[C@H]2[C@H](OC(C)CCCCCC/C=C\CCCCCCCC(=O)OC)O[C@H](COC(=O)CC)[C@@H](OC(=O)CC)[C@@H]2OC(=O)CC)[C@H](OC(=O)CC)[C@@H](OC(=O)CC)[C@@H]1OC(=O)CC. The fraction of sp³-hybridized carbons (Fsp3) is 0.808. The Bertz CT molecular complexity index is 1680. The molecule has 0 radical (unpaired) electrons. The zero-order valence-corrected chi connectivity index (χ0v) is 44.2. The van der Waals surface area contributed by atoms with E-state index in [1.807, 2.05) is 6.92 Å². The Balaban J connectivity index is 2.51. The van der Waals surface area contributed by atoms with Crippen molar-refractivity contribution < 1.29 is 95.2 Å². The van der Waals surface area contributed by atoms with Crippen LogP contribution < -0.4 is 0 Å². The summed E-state index contributed by atoms with van der Waals surface area (Å²) >= 11 is 0. The van der Waals surface area contributed by atoms with Crippen molar-refractivity contribution in [1.82, 2.24) is 0 Å². The summed E-state index contributed by atoms with van der Waals surface area (Å²) in [5, 5.41) is 0. The number of methoxy groups -OCH3 is 1. The Morgan fingerprint density at radius 2 is 0.806 bits per heavy atom. The van der Waals surface area contributed by atoms with Gasteiger partial charge in [-0.1, -0.05) is 99.1 Å². The summed E-state index contributed by atoms with van der Waals surface area (Å²) < 4.78 is 71.3. The maximum Gasteiger partial charge on any atom is 0.306 e. The van der Waals surface area contributed by atoms with E-state index in [4.69, 9.17) is 52.1 Å². The van der Waals surface area contributed by atoms with Gasteiger partial charge in [0.15, 0.2) is 49.2 Å². The predicted molar refractivity (Wildman–Crippen MR) is 257 cm³/mol. The van der Waals surface area contributed by atoms with Gasteiger partial charge in [0.2, 0.25) is 0 Å². The van der Waals surface area contributed by atoms with Gasteiger partial charge in [0, 0.05) is 51.4 Å². The third-order valence-corrected chi connectivity index (χ3v) is 11.9. The average molecular weight is 1030 g/mol. The predicted octanol–water partition coefficient (Wildman–Crippen LogP) is 7.54. The first-order valence-electron chi connectivity index (χ1n) is 26.2. The Hall–Kier alpha value is -4.66. The number of rotatable bonds is 35. The highest BCUT2D eigenvalue weighted by atomic mass is 16.8. The van der Waals surface area contributed by atoms with E-state index in [1.54, 1.807) is 27.7 Å². The van der Waals surface area contributed by atoms with Crippen LogP contribution in [0, 0.1) is 0 Å². The molecule has 11 atom stereocenters. The van der Waals surface area contributed by atoms with Crippen molar-refractivity contribution in [3.05, 3.63) is 12.2 Å². The second-order valence-electron chi connectivity index (χ2n) is 17.6. The van der Waals surface area contributed by atoms with Crippen LogP contribution in [-0.2, 0) is 95.2 Å². The first kappa shape index (κ1) is 63.5. The summed E-state index contributed by atoms with van der Waals surface area (Å²) in [5.74, 6) is -5.15. The maximum atomic E-state index is 13.4. The number of ether oxygens (including phenoxy) is 12. The molecule has 0 N–H and O–H groups in total. The van der Waals surface area contributed by atoms with E-state index < -0.39 is 123 Å². The lowest BCUT2D eigenvalue weighted by Crippen LogP contribution is -2.67. The van der Waals surface area contributed by atoms with E-state index in [-0.39, 0.29) is 50.9 Å². The highest BCUT2D eigenvalue weighted by molar-refractivity contribution is 5.72. The van der Waals surface area contributed by atoms with Crippen LogP contribution in [0.15, 0.2) is 12.2 Å². The summed E-state index contributed by atoms with van der Waals surface area (Å²) in [5.41, 5.74) is 0. The molecule has 72 heavy (non-hydrogen) atoms. The van der Waals surface area contributed by atoms with E-state index in [2.05, 4.69) is 16.9 Å². The Labute approximate surface area is 425 Å². The molecule has 2 heterocycles. The van der Waals surface area contributed by atoms with Crippen molar-refractivity contribution in [2.75, 3.05) is 20.3 Å². The van der Waals surface area contributed by atoms with Crippen molar-refractivity contribution >= 4 is 47.8 Å². The molecular formula is C52H84O20. The molecule has 2 rings (SSSR count). The van der Waals surface area contributed by atoms with Crippen LogP contribution in [0.5, 0.6) is 0 Å². The van der Waals surface area contributed by atoms with Gasteiger partial charge in [-0.05, 0) is 45.4 Å². The van der Waals surface area contributed by atoms with Gasteiger partial charge in [0.25, 0.3) is 0 Å². The van der Waals surface area contributed by atoms with Crippen molar-refractivity contribution in [1.29, 1.82) is 0 Å². The molecule has 0 amide bonds. The number of esters is 8. The van der Waals surface area contributed by atoms with Crippen molar-refractivity contribution in [3.8, 4) is 0 Å². The number of carbonyl (C=O) groups excluding carboxylic acids is 8. The van der Waals surface area contributed by atoms with Crippen molar-refractivity contribution in [3.63, 3.8) is 0 Å². The number of hydrogen-bond acceptors (Lipinski definition) is 20. The molecule has 2 aliphatic rings. The summed E-state index contributed by atoms with van der Waals surface area (Å²) in [4.78, 5) is 102. The highest BCUT2D eigenvalue weighted by Gasteiger charge is 2.58. The third kappa shape index (κ3) is 23.5. The monoisotopic (exact) mass is 1030 g/mol. The summed E-state index contributed by atoms with van der Waals surface area (Å²) in [6.07, 6.45) is -0.228. The molecule has 0 aromatic heterocycles. The molecule has 2 aliphatic heterocycles. The number of unbranched alkanes of at least 4 members (excludes halogenated alkanes) is 9. The fourth-order valence-electron chi connectivity index (χ4n) is 7.70. The Kier molecular flexibility index (Phi) is 32.0. The largest absolute Gasteiger partial charge is 0.469 e. The minimum Gasteiger partial charge on any atom is -0.469 e. The Morgan fingerprint density at radius 1 is 0.431 bits per heavy atom. The minimum atomic E-state index is -1.77. The molecule has 0 saturated carbocycles. The highest BCUT2D eigenvalue weighted by Crippen LogP contribution is 2.37. The second kappa shape index (κ2) is 36.3. The van der Waals surface area contributed by atoms with Crippen LogP contribution >= 0.6 is 0 Å². The van der Waals surface area contributed by atoms with E-state index in [0.29, 0.717) is 12.8 Å². The minimum absolute atomic E-state index is 0.0190. The quantitative estimate of drug-likeness (QED) is 0.0257. The maximum absolute atomic E-state index is 13.4. The topological polar surface area (TPSA) is 247 Å². The van der Waals surface area contributed by atoms with Gasteiger partial charge in [-0.25, -0.2) is 0 Å². The van der Waals surface area contributed by atoms with E-state index >= 15 is 0 Å². The normalized spacial score (nSPS) is 24.3. The second-order valence-corrected chi connectivity index (χ2v) is 17.6. The van der Waals surface area contributed by atoms with Crippen LogP contribution in [0.1, 0.15) is 184 Å². The lowest BCUT2D eigenvalue weighted by molar-refractivity contribution is -0.372. The first-order valence-corrected chi connectivity index (χ1v) is 26.2. The van der Waals surface area contributed by atoms with Gasteiger partial charge < -0.3 is 56.8 Å². The van der Waals surface area contributed by atoms with Crippen LogP contribution in [-0.4, -0.2) is 136 Å². The first-order chi connectivity index (χ1) is 34.6. The summed E-state index contributed by atoms with van der Waals surface area (Å²) in [6, 6.07) is 0. The van der Waals surface area contributed by atoms with Crippen LogP contribution in [0.25, 0.3) is 0 Å². The molecule has 20 nitrogen and oxygen atoms in total. The molecule has 0 aromatic rings. The van der Waals surface area contributed by atoms with E-state index in [1.165, 1.54) is 27.9 Å².